The van der Waals surface area contributed by atoms with Gasteiger partial charge in [-0.3, -0.25) is 9.78 Å². The monoisotopic (exact) mass is 325 g/mol. The Bertz CT molecular complexity index is 775. The van der Waals surface area contributed by atoms with Gasteiger partial charge in [0.2, 0.25) is 5.91 Å². The van der Waals surface area contributed by atoms with Gasteiger partial charge in [0.15, 0.2) is 10.8 Å². The number of hydrogen-bond donors (Lipinski definition) is 1. The Kier molecular flexibility index (Phi) is 4.68. The number of pyridine rings is 1. The largest absolute Gasteiger partial charge is 0.348 e. The van der Waals surface area contributed by atoms with E-state index in [2.05, 4.69) is 25.3 Å². The first-order valence-electron chi connectivity index (χ1n) is 7.14. The van der Waals surface area contributed by atoms with Crippen molar-refractivity contribution < 1.29 is 4.79 Å². The van der Waals surface area contributed by atoms with Crippen LogP contribution in [-0.2, 0) is 11.2 Å². The maximum Gasteiger partial charge on any atom is 0.226 e. The minimum atomic E-state index is -0.140. The Morgan fingerprint density at radius 1 is 1.17 bits per heavy atom. The van der Waals surface area contributed by atoms with E-state index in [-0.39, 0.29) is 18.4 Å². The molecule has 0 aliphatic heterocycles. The first-order valence-corrected chi connectivity index (χ1v) is 8.02. The Labute approximate surface area is 137 Å². The third-order valence-corrected chi connectivity index (χ3v) is 4.05. The predicted octanol–water partition coefficient (Wildman–Crippen LogP) is 2.42. The third kappa shape index (κ3) is 3.95. The summed E-state index contributed by atoms with van der Waals surface area (Å²) in [7, 11) is 0. The van der Waals surface area contributed by atoms with Crippen molar-refractivity contribution >= 4 is 17.2 Å². The van der Waals surface area contributed by atoms with Gasteiger partial charge in [0, 0.05) is 24.0 Å². The minimum absolute atomic E-state index is 0.0889. The van der Waals surface area contributed by atoms with Crippen molar-refractivity contribution in [1.82, 2.24) is 25.3 Å². The second-order valence-corrected chi connectivity index (χ2v) is 5.80. The lowest BCUT2D eigenvalue weighted by molar-refractivity contribution is -0.121. The van der Waals surface area contributed by atoms with Crippen LogP contribution in [0.4, 0.5) is 0 Å². The number of nitrogens with zero attached hydrogens (tertiary/aromatic N) is 4. The highest BCUT2D eigenvalue weighted by Gasteiger charge is 2.13. The quantitative estimate of drug-likeness (QED) is 0.779. The van der Waals surface area contributed by atoms with Crippen molar-refractivity contribution in [3.63, 3.8) is 0 Å². The molecule has 0 saturated heterocycles. The SMILES string of the molecule is C[C@@H](NC(=O)Cc1csc(-c2ncccn2)n1)c1ccccn1. The summed E-state index contributed by atoms with van der Waals surface area (Å²) in [6, 6.07) is 7.25. The molecule has 3 rings (SSSR count). The van der Waals surface area contributed by atoms with Crippen LogP contribution in [-0.4, -0.2) is 25.8 Å². The summed E-state index contributed by atoms with van der Waals surface area (Å²) in [6.45, 7) is 1.91. The molecule has 0 aromatic carbocycles. The minimum Gasteiger partial charge on any atom is -0.348 e. The zero-order valence-electron chi connectivity index (χ0n) is 12.5. The fourth-order valence-corrected chi connectivity index (χ4v) is 2.83. The van der Waals surface area contributed by atoms with Crippen LogP contribution < -0.4 is 5.32 Å². The van der Waals surface area contributed by atoms with Crippen LogP contribution >= 0.6 is 11.3 Å². The summed E-state index contributed by atoms with van der Waals surface area (Å²) in [5, 5.41) is 5.50. The van der Waals surface area contributed by atoms with E-state index in [9.17, 15) is 4.79 Å². The maximum atomic E-state index is 12.1. The van der Waals surface area contributed by atoms with Gasteiger partial charge in [-0.25, -0.2) is 15.0 Å². The van der Waals surface area contributed by atoms with Crippen molar-refractivity contribution in [2.45, 2.75) is 19.4 Å². The molecule has 0 bridgehead atoms. The number of carbonyl (C=O) groups is 1. The molecule has 1 N–H and O–H groups in total. The Morgan fingerprint density at radius 2 is 1.96 bits per heavy atom. The van der Waals surface area contributed by atoms with Crippen molar-refractivity contribution in [3.8, 4) is 10.8 Å². The Morgan fingerprint density at radius 3 is 2.70 bits per heavy atom. The molecule has 7 heteroatoms. The number of amides is 1. The van der Waals surface area contributed by atoms with Crippen LogP contribution in [0.15, 0.2) is 48.2 Å². The highest BCUT2D eigenvalue weighted by molar-refractivity contribution is 7.13. The van der Waals surface area contributed by atoms with Gasteiger partial charge in [-0.1, -0.05) is 6.07 Å². The van der Waals surface area contributed by atoms with Gasteiger partial charge in [0.25, 0.3) is 0 Å². The number of rotatable bonds is 5. The number of carbonyl (C=O) groups excluding carboxylic acids is 1. The molecule has 3 heterocycles. The van der Waals surface area contributed by atoms with Gasteiger partial charge in [-0.05, 0) is 25.1 Å². The number of nitrogens with one attached hydrogen (secondary N) is 1. The van der Waals surface area contributed by atoms with Gasteiger partial charge in [-0.2, -0.15) is 0 Å². The highest BCUT2D eigenvalue weighted by Crippen LogP contribution is 2.20. The van der Waals surface area contributed by atoms with Crippen molar-refractivity contribution in [2.75, 3.05) is 0 Å². The molecule has 0 radical (unpaired) electrons. The van der Waals surface area contributed by atoms with Gasteiger partial charge in [0.05, 0.1) is 23.9 Å². The topological polar surface area (TPSA) is 80.7 Å². The molecule has 0 fully saturated rings. The van der Waals surface area contributed by atoms with E-state index < -0.39 is 0 Å². The molecular weight excluding hydrogens is 310 g/mol. The molecule has 3 aromatic heterocycles. The summed E-state index contributed by atoms with van der Waals surface area (Å²) in [5.74, 6) is 0.486. The van der Waals surface area contributed by atoms with Crippen LogP contribution in [0.25, 0.3) is 10.8 Å². The molecular formula is C16H15N5OS. The highest BCUT2D eigenvalue weighted by atomic mass is 32.1. The molecule has 0 aliphatic carbocycles. The molecule has 23 heavy (non-hydrogen) atoms. The van der Waals surface area contributed by atoms with Gasteiger partial charge >= 0.3 is 0 Å². The lowest BCUT2D eigenvalue weighted by Crippen LogP contribution is -2.28. The van der Waals surface area contributed by atoms with Crippen molar-refractivity contribution in [2.24, 2.45) is 0 Å². The Balaban J connectivity index is 1.61. The summed E-state index contributed by atoms with van der Waals surface area (Å²) in [6.07, 6.45) is 5.28. The van der Waals surface area contributed by atoms with E-state index in [1.54, 1.807) is 24.7 Å². The average Bonchev–Trinajstić information content (AvgIpc) is 3.04. The van der Waals surface area contributed by atoms with E-state index in [0.29, 0.717) is 16.5 Å². The van der Waals surface area contributed by atoms with E-state index in [4.69, 9.17) is 0 Å². The number of aromatic nitrogens is 4. The zero-order valence-corrected chi connectivity index (χ0v) is 13.3. The first-order chi connectivity index (χ1) is 11.2. The van der Waals surface area contributed by atoms with Crippen LogP contribution in [0, 0.1) is 0 Å². The van der Waals surface area contributed by atoms with E-state index in [1.165, 1.54) is 11.3 Å². The fourth-order valence-electron chi connectivity index (χ4n) is 2.06. The normalized spacial score (nSPS) is 11.9. The van der Waals surface area contributed by atoms with Crippen LogP contribution in [0.1, 0.15) is 24.4 Å². The van der Waals surface area contributed by atoms with Crippen molar-refractivity contribution in [1.29, 1.82) is 0 Å². The zero-order chi connectivity index (χ0) is 16.1. The second-order valence-electron chi connectivity index (χ2n) is 4.94. The van der Waals surface area contributed by atoms with E-state index >= 15 is 0 Å². The second kappa shape index (κ2) is 7.06. The maximum absolute atomic E-state index is 12.1. The van der Waals surface area contributed by atoms with E-state index in [0.717, 1.165) is 5.69 Å². The number of hydrogen-bond acceptors (Lipinski definition) is 6. The first kappa shape index (κ1) is 15.2. The van der Waals surface area contributed by atoms with E-state index in [1.807, 2.05) is 30.5 Å². The molecule has 0 aliphatic rings. The lowest BCUT2D eigenvalue weighted by atomic mass is 10.2. The lowest BCUT2D eigenvalue weighted by Gasteiger charge is -2.12. The molecule has 116 valence electrons. The standard InChI is InChI=1S/C16H15N5OS/c1-11(13-5-2-3-6-17-13)20-14(22)9-12-10-23-16(21-12)15-18-7-4-8-19-15/h2-8,10-11H,9H2,1H3,(H,20,22)/t11-/m1/s1. The summed E-state index contributed by atoms with van der Waals surface area (Å²) in [5.41, 5.74) is 1.54. The summed E-state index contributed by atoms with van der Waals surface area (Å²) in [4.78, 5) is 29.1. The smallest absolute Gasteiger partial charge is 0.226 e. The molecule has 3 aromatic rings. The number of thiazole rings is 1. The summed E-state index contributed by atoms with van der Waals surface area (Å²) < 4.78 is 0. The molecule has 1 amide bonds. The van der Waals surface area contributed by atoms with Crippen molar-refractivity contribution in [3.05, 3.63) is 59.6 Å². The molecule has 0 saturated carbocycles. The third-order valence-electron chi connectivity index (χ3n) is 3.16. The molecule has 0 spiro atoms. The fraction of sp³-hybridized carbons (Fsp3) is 0.188. The van der Waals surface area contributed by atoms with Gasteiger partial charge in [0.1, 0.15) is 0 Å². The van der Waals surface area contributed by atoms with Gasteiger partial charge in [-0.15, -0.1) is 11.3 Å². The van der Waals surface area contributed by atoms with Crippen LogP contribution in [0.3, 0.4) is 0 Å². The summed E-state index contributed by atoms with van der Waals surface area (Å²) >= 11 is 1.43. The van der Waals surface area contributed by atoms with Gasteiger partial charge < -0.3 is 5.32 Å². The molecule has 6 nitrogen and oxygen atoms in total. The predicted molar refractivity (Wildman–Crippen MR) is 87.6 cm³/mol. The van der Waals surface area contributed by atoms with Crippen LogP contribution in [0.5, 0.6) is 0 Å². The molecule has 1 atom stereocenters. The van der Waals surface area contributed by atoms with Crippen LogP contribution in [0.2, 0.25) is 0 Å². The Hall–Kier alpha value is -2.67. The average molecular weight is 325 g/mol. The molecule has 0 unspecified atom stereocenters.